The van der Waals surface area contributed by atoms with Crippen LogP contribution in [0.4, 0.5) is 13.2 Å². The van der Waals surface area contributed by atoms with Gasteiger partial charge in [-0.3, -0.25) is 0 Å². The average molecular weight is 381 g/mol. The van der Waals surface area contributed by atoms with E-state index in [1.165, 1.54) is 22.6 Å². The second-order valence-corrected chi connectivity index (χ2v) is 4.05. The Bertz CT molecular complexity index is 452. The molecule has 0 aliphatic carbocycles. The molecule has 1 aromatic heterocycles. The summed E-state index contributed by atoms with van der Waals surface area (Å²) in [6.07, 6.45) is -3.95. The highest BCUT2D eigenvalue weighted by atomic mass is 127. The van der Waals surface area contributed by atoms with Crippen molar-refractivity contribution in [1.82, 2.24) is 4.98 Å². The first-order chi connectivity index (χ1) is 7.76. The SMILES string of the molecule is O=C(O)c1c(I)ncc(CCl)c1OC(F)(F)F. The molecular formula is C8H4ClF3INO3. The molecule has 1 heterocycles. The summed E-state index contributed by atoms with van der Waals surface area (Å²) in [5.74, 6) is -2.72. The highest BCUT2D eigenvalue weighted by molar-refractivity contribution is 14.1. The Morgan fingerprint density at radius 1 is 1.59 bits per heavy atom. The number of rotatable bonds is 3. The van der Waals surface area contributed by atoms with E-state index in [0.717, 1.165) is 6.20 Å². The maximum absolute atomic E-state index is 12.2. The number of hydrogen-bond donors (Lipinski definition) is 1. The van der Waals surface area contributed by atoms with Gasteiger partial charge in [-0.15, -0.1) is 24.8 Å². The Kier molecular flexibility index (Phi) is 4.42. The van der Waals surface area contributed by atoms with Gasteiger partial charge in [0.15, 0.2) is 5.75 Å². The molecule has 0 radical (unpaired) electrons. The summed E-state index contributed by atoms with van der Waals surface area (Å²) < 4.78 is 40.0. The van der Waals surface area contributed by atoms with Crippen LogP contribution in [-0.4, -0.2) is 22.4 Å². The molecule has 0 saturated carbocycles. The zero-order chi connectivity index (χ0) is 13.2. The lowest BCUT2D eigenvalue weighted by atomic mass is 10.2. The molecule has 0 unspecified atom stereocenters. The lowest BCUT2D eigenvalue weighted by Crippen LogP contribution is -2.21. The van der Waals surface area contributed by atoms with Crippen molar-refractivity contribution in [3.05, 3.63) is 21.0 Å². The Balaban J connectivity index is 3.40. The Hall–Kier alpha value is -0.770. The molecule has 9 heteroatoms. The number of aromatic carboxylic acids is 1. The van der Waals surface area contributed by atoms with E-state index in [4.69, 9.17) is 16.7 Å². The molecule has 1 aromatic rings. The van der Waals surface area contributed by atoms with E-state index in [-0.39, 0.29) is 15.1 Å². The van der Waals surface area contributed by atoms with E-state index in [0.29, 0.717) is 0 Å². The molecule has 0 aliphatic rings. The number of carboxylic acid groups (broad SMARTS) is 1. The summed E-state index contributed by atoms with van der Waals surface area (Å²) in [5, 5.41) is 8.83. The number of ether oxygens (including phenoxy) is 1. The van der Waals surface area contributed by atoms with Gasteiger partial charge in [0.1, 0.15) is 9.26 Å². The van der Waals surface area contributed by atoms with Crippen LogP contribution in [0.5, 0.6) is 5.75 Å². The number of pyridine rings is 1. The molecular weight excluding hydrogens is 377 g/mol. The van der Waals surface area contributed by atoms with Gasteiger partial charge in [0.2, 0.25) is 0 Å². The molecule has 0 atom stereocenters. The van der Waals surface area contributed by atoms with Crippen molar-refractivity contribution in [2.45, 2.75) is 12.2 Å². The van der Waals surface area contributed by atoms with Crippen molar-refractivity contribution in [1.29, 1.82) is 0 Å². The summed E-state index contributed by atoms with van der Waals surface area (Å²) in [6.45, 7) is 0. The maximum atomic E-state index is 12.2. The van der Waals surface area contributed by atoms with Crippen molar-refractivity contribution >= 4 is 40.2 Å². The predicted octanol–water partition coefficient (Wildman–Crippen LogP) is 3.02. The van der Waals surface area contributed by atoms with E-state index in [2.05, 4.69) is 9.72 Å². The van der Waals surface area contributed by atoms with Crippen molar-refractivity contribution in [2.24, 2.45) is 0 Å². The smallest absolute Gasteiger partial charge is 0.477 e. The number of carbonyl (C=O) groups is 1. The second-order valence-electron chi connectivity index (χ2n) is 2.76. The summed E-state index contributed by atoms with van der Waals surface area (Å²) in [4.78, 5) is 14.5. The first kappa shape index (κ1) is 14.3. The predicted molar refractivity (Wildman–Crippen MR) is 60.2 cm³/mol. The van der Waals surface area contributed by atoms with Crippen molar-refractivity contribution in [3.8, 4) is 5.75 Å². The van der Waals surface area contributed by atoms with Gasteiger partial charge in [0.05, 0.1) is 5.88 Å². The van der Waals surface area contributed by atoms with Crippen LogP contribution in [-0.2, 0) is 5.88 Å². The summed E-state index contributed by atoms with van der Waals surface area (Å²) in [6, 6.07) is 0. The number of hydrogen-bond acceptors (Lipinski definition) is 3. The zero-order valence-electron chi connectivity index (χ0n) is 7.89. The third-order valence-corrected chi connectivity index (χ3v) is 2.74. The molecule has 0 aliphatic heterocycles. The molecule has 0 amide bonds. The second kappa shape index (κ2) is 5.25. The molecule has 4 nitrogen and oxygen atoms in total. The van der Waals surface area contributed by atoms with Crippen LogP contribution < -0.4 is 4.74 Å². The molecule has 17 heavy (non-hydrogen) atoms. The van der Waals surface area contributed by atoms with Gasteiger partial charge in [-0.2, -0.15) is 0 Å². The van der Waals surface area contributed by atoms with Crippen LogP contribution in [0.3, 0.4) is 0 Å². The Labute approximate surface area is 112 Å². The molecule has 1 N–H and O–H groups in total. The Morgan fingerprint density at radius 2 is 2.18 bits per heavy atom. The highest BCUT2D eigenvalue weighted by Crippen LogP contribution is 2.32. The molecule has 0 bridgehead atoms. The Morgan fingerprint density at radius 3 is 2.59 bits per heavy atom. The van der Waals surface area contributed by atoms with Crippen LogP contribution in [0, 0.1) is 3.70 Å². The van der Waals surface area contributed by atoms with Crippen molar-refractivity contribution in [3.63, 3.8) is 0 Å². The van der Waals surface area contributed by atoms with Gasteiger partial charge in [-0.1, -0.05) is 0 Å². The van der Waals surface area contributed by atoms with E-state index in [1.54, 1.807) is 0 Å². The summed E-state index contributed by atoms with van der Waals surface area (Å²) in [7, 11) is 0. The van der Waals surface area contributed by atoms with E-state index in [9.17, 15) is 18.0 Å². The molecule has 94 valence electrons. The number of halogens is 5. The normalized spacial score (nSPS) is 11.4. The van der Waals surface area contributed by atoms with Crippen molar-refractivity contribution < 1.29 is 27.8 Å². The molecule has 1 rings (SSSR count). The van der Waals surface area contributed by atoms with Gasteiger partial charge in [-0.25, -0.2) is 9.78 Å². The van der Waals surface area contributed by atoms with E-state index < -0.39 is 23.6 Å². The average Bonchev–Trinajstić information content (AvgIpc) is 2.15. The van der Waals surface area contributed by atoms with E-state index >= 15 is 0 Å². The third-order valence-electron chi connectivity index (χ3n) is 1.63. The molecule has 0 aromatic carbocycles. The molecule has 0 saturated heterocycles. The first-order valence-electron chi connectivity index (χ1n) is 3.98. The van der Waals surface area contributed by atoms with Gasteiger partial charge in [0.25, 0.3) is 0 Å². The fourth-order valence-corrected chi connectivity index (χ4v) is 1.83. The topological polar surface area (TPSA) is 59.4 Å². The largest absolute Gasteiger partial charge is 0.573 e. The number of carboxylic acids is 1. The minimum absolute atomic E-state index is 0.108. The van der Waals surface area contributed by atoms with Crippen molar-refractivity contribution in [2.75, 3.05) is 0 Å². The number of nitrogens with zero attached hydrogens (tertiary/aromatic N) is 1. The quantitative estimate of drug-likeness (QED) is 0.497. The molecule has 0 spiro atoms. The minimum Gasteiger partial charge on any atom is -0.477 e. The lowest BCUT2D eigenvalue weighted by Gasteiger charge is -2.14. The van der Waals surface area contributed by atoms with Crippen LogP contribution in [0.15, 0.2) is 6.20 Å². The monoisotopic (exact) mass is 381 g/mol. The maximum Gasteiger partial charge on any atom is 0.573 e. The van der Waals surface area contributed by atoms with Gasteiger partial charge in [0, 0.05) is 11.8 Å². The van der Waals surface area contributed by atoms with Crippen LogP contribution in [0.1, 0.15) is 15.9 Å². The van der Waals surface area contributed by atoms with Crippen LogP contribution in [0.2, 0.25) is 0 Å². The fraction of sp³-hybridized carbons (Fsp3) is 0.250. The fourth-order valence-electron chi connectivity index (χ4n) is 1.02. The van der Waals surface area contributed by atoms with Gasteiger partial charge >= 0.3 is 12.3 Å². The molecule has 0 fully saturated rings. The summed E-state index contributed by atoms with van der Waals surface area (Å²) >= 11 is 6.91. The minimum atomic E-state index is -4.99. The standard InChI is InChI=1S/C8H4ClF3INO3/c9-1-3-2-14-6(13)4(7(15)16)5(3)17-8(10,11)12/h2H,1H2,(H,15,16). The van der Waals surface area contributed by atoms with Crippen LogP contribution >= 0.6 is 34.2 Å². The van der Waals surface area contributed by atoms with Gasteiger partial charge in [-0.05, 0) is 22.6 Å². The van der Waals surface area contributed by atoms with Crippen LogP contribution in [0.25, 0.3) is 0 Å². The highest BCUT2D eigenvalue weighted by Gasteiger charge is 2.35. The third kappa shape index (κ3) is 3.60. The summed E-state index contributed by atoms with van der Waals surface area (Å²) in [5.41, 5.74) is -0.789. The zero-order valence-corrected chi connectivity index (χ0v) is 10.8. The number of aromatic nitrogens is 1. The van der Waals surface area contributed by atoms with E-state index in [1.807, 2.05) is 0 Å². The lowest BCUT2D eigenvalue weighted by molar-refractivity contribution is -0.275. The van der Waals surface area contributed by atoms with Gasteiger partial charge < -0.3 is 9.84 Å². The number of alkyl halides is 4. The first-order valence-corrected chi connectivity index (χ1v) is 5.60.